The number of carbonyl (C=O) groups is 2. The summed E-state index contributed by atoms with van der Waals surface area (Å²) in [7, 11) is 2.98. The summed E-state index contributed by atoms with van der Waals surface area (Å²) in [4.78, 5) is 26.2. The average Bonchev–Trinajstić information content (AvgIpc) is 2.65. The van der Waals surface area contributed by atoms with Crippen molar-refractivity contribution >= 4 is 11.9 Å². The Balaban J connectivity index is 2.02. The molecule has 2 aromatic rings. The van der Waals surface area contributed by atoms with Crippen molar-refractivity contribution in [2.75, 3.05) is 14.2 Å². The Kier molecular flexibility index (Phi) is 4.61. The molecule has 1 aliphatic rings. The number of amides is 1. The Morgan fingerprint density at radius 2 is 1.80 bits per heavy atom. The Morgan fingerprint density at radius 1 is 1.08 bits per heavy atom. The highest BCUT2D eigenvalue weighted by molar-refractivity contribution is 5.99. The summed E-state index contributed by atoms with van der Waals surface area (Å²) >= 11 is 0. The lowest BCUT2D eigenvalue weighted by Gasteiger charge is -2.34. The lowest BCUT2D eigenvalue weighted by molar-refractivity contribution is -0.142. The summed E-state index contributed by atoms with van der Waals surface area (Å²) in [6.07, 6.45) is 0.281. The summed E-state index contributed by atoms with van der Waals surface area (Å²) in [5.41, 5.74) is 2.19. The molecule has 0 aromatic heterocycles. The van der Waals surface area contributed by atoms with Crippen molar-refractivity contribution in [2.24, 2.45) is 0 Å². The Bertz CT molecular complexity index is 817. The summed E-state index contributed by atoms with van der Waals surface area (Å²) < 4.78 is 10.5. The third kappa shape index (κ3) is 3.15. The van der Waals surface area contributed by atoms with E-state index in [0.29, 0.717) is 11.5 Å². The van der Waals surface area contributed by atoms with Crippen LogP contribution in [0.3, 0.4) is 0 Å². The second-order valence-electron chi connectivity index (χ2n) is 5.83. The smallest absolute Gasteiger partial charge is 0.326 e. The van der Waals surface area contributed by atoms with Gasteiger partial charge in [0.2, 0.25) is 0 Å². The average molecular weight is 341 g/mol. The molecular formula is C19H19NO5. The molecule has 1 heterocycles. The van der Waals surface area contributed by atoms with Gasteiger partial charge in [0.15, 0.2) is 0 Å². The molecule has 1 unspecified atom stereocenters. The van der Waals surface area contributed by atoms with Gasteiger partial charge in [0.05, 0.1) is 19.8 Å². The molecule has 0 saturated carbocycles. The molecule has 0 saturated heterocycles. The zero-order valence-corrected chi connectivity index (χ0v) is 14.1. The molecule has 25 heavy (non-hydrogen) atoms. The van der Waals surface area contributed by atoms with Crippen molar-refractivity contribution in [3.8, 4) is 11.5 Å². The van der Waals surface area contributed by atoms with Gasteiger partial charge in [0.1, 0.15) is 17.5 Å². The largest absolute Gasteiger partial charge is 0.497 e. The maximum atomic E-state index is 13.1. The van der Waals surface area contributed by atoms with Gasteiger partial charge in [-0.2, -0.15) is 0 Å². The van der Waals surface area contributed by atoms with E-state index >= 15 is 0 Å². The lowest BCUT2D eigenvalue weighted by atomic mass is 9.93. The minimum absolute atomic E-state index is 0.242. The number of carboxylic acids is 1. The Labute approximate surface area is 145 Å². The minimum Gasteiger partial charge on any atom is -0.497 e. The molecule has 2 aromatic carbocycles. The van der Waals surface area contributed by atoms with Crippen molar-refractivity contribution in [1.29, 1.82) is 0 Å². The van der Waals surface area contributed by atoms with E-state index in [1.807, 2.05) is 24.3 Å². The van der Waals surface area contributed by atoms with Crippen LogP contribution in [0, 0.1) is 0 Å². The van der Waals surface area contributed by atoms with Gasteiger partial charge in [-0.15, -0.1) is 0 Å². The first-order valence-corrected chi connectivity index (χ1v) is 7.87. The minimum atomic E-state index is -1.02. The first-order chi connectivity index (χ1) is 12.0. The third-order valence-corrected chi connectivity index (χ3v) is 4.43. The van der Waals surface area contributed by atoms with Crippen molar-refractivity contribution in [3.63, 3.8) is 0 Å². The van der Waals surface area contributed by atoms with Gasteiger partial charge < -0.3 is 19.5 Å². The number of carbonyl (C=O) groups excluding carboxylic acids is 1. The number of aliphatic carboxylic acids is 1. The Hall–Kier alpha value is -3.02. The van der Waals surface area contributed by atoms with E-state index in [1.165, 1.54) is 19.1 Å². The number of carboxylic acid groups (broad SMARTS) is 1. The number of fused-ring (bicyclic) bond motifs is 1. The monoisotopic (exact) mass is 341 g/mol. The van der Waals surface area contributed by atoms with E-state index < -0.39 is 17.9 Å². The van der Waals surface area contributed by atoms with Crippen LogP contribution in [0.2, 0.25) is 0 Å². The SMILES string of the molecule is COc1ccc(OC)c(C(=O)N2Cc3ccccc3CC2C(=O)O)c1. The summed E-state index contributed by atoms with van der Waals surface area (Å²) in [5.74, 6) is -0.524. The van der Waals surface area contributed by atoms with Crippen molar-refractivity contribution in [3.05, 3.63) is 59.2 Å². The van der Waals surface area contributed by atoms with Gasteiger partial charge in [-0.05, 0) is 29.3 Å². The van der Waals surface area contributed by atoms with Crippen LogP contribution in [0.5, 0.6) is 11.5 Å². The quantitative estimate of drug-likeness (QED) is 0.924. The number of methoxy groups -OCH3 is 2. The molecule has 3 rings (SSSR count). The van der Waals surface area contributed by atoms with E-state index in [-0.39, 0.29) is 18.5 Å². The molecule has 1 amide bonds. The first kappa shape index (κ1) is 16.8. The fourth-order valence-electron chi connectivity index (χ4n) is 3.09. The summed E-state index contributed by atoms with van der Waals surface area (Å²) in [5, 5.41) is 9.61. The first-order valence-electron chi connectivity index (χ1n) is 7.87. The van der Waals surface area contributed by atoms with Crippen LogP contribution < -0.4 is 9.47 Å². The zero-order chi connectivity index (χ0) is 18.0. The number of benzene rings is 2. The van der Waals surface area contributed by atoms with Crippen LogP contribution in [0.4, 0.5) is 0 Å². The third-order valence-electron chi connectivity index (χ3n) is 4.43. The standard InChI is InChI=1S/C19H19NO5/c1-24-14-7-8-17(25-2)15(10-14)18(21)20-11-13-6-4-3-5-12(13)9-16(20)19(22)23/h3-8,10,16H,9,11H2,1-2H3,(H,22,23). The molecule has 1 atom stereocenters. The lowest BCUT2D eigenvalue weighted by Crippen LogP contribution is -2.48. The van der Waals surface area contributed by atoms with E-state index in [0.717, 1.165) is 11.1 Å². The molecule has 1 N–H and O–H groups in total. The van der Waals surface area contributed by atoms with Crippen LogP contribution in [0.25, 0.3) is 0 Å². The molecule has 6 nitrogen and oxygen atoms in total. The van der Waals surface area contributed by atoms with Crippen LogP contribution in [0.15, 0.2) is 42.5 Å². The zero-order valence-electron chi connectivity index (χ0n) is 14.1. The van der Waals surface area contributed by atoms with Crippen LogP contribution in [-0.2, 0) is 17.8 Å². The Morgan fingerprint density at radius 3 is 2.44 bits per heavy atom. The number of ether oxygens (including phenoxy) is 2. The molecule has 0 radical (unpaired) electrons. The van der Waals surface area contributed by atoms with Gasteiger partial charge in [0, 0.05) is 13.0 Å². The normalized spacial score (nSPS) is 16.1. The van der Waals surface area contributed by atoms with Gasteiger partial charge in [0.25, 0.3) is 5.91 Å². The van der Waals surface area contributed by atoms with Crippen LogP contribution >= 0.6 is 0 Å². The number of hydrogen-bond donors (Lipinski definition) is 1. The fourth-order valence-corrected chi connectivity index (χ4v) is 3.09. The van der Waals surface area contributed by atoms with E-state index in [4.69, 9.17) is 9.47 Å². The molecular weight excluding hydrogens is 322 g/mol. The van der Waals surface area contributed by atoms with E-state index in [2.05, 4.69) is 0 Å². The molecule has 1 aliphatic heterocycles. The van der Waals surface area contributed by atoms with Gasteiger partial charge in [-0.3, -0.25) is 4.79 Å². The number of hydrogen-bond acceptors (Lipinski definition) is 4. The predicted octanol–water partition coefficient (Wildman–Crippen LogP) is 2.36. The van der Waals surface area contributed by atoms with Gasteiger partial charge in [-0.1, -0.05) is 24.3 Å². The van der Waals surface area contributed by atoms with Gasteiger partial charge in [-0.25, -0.2) is 4.79 Å². The highest BCUT2D eigenvalue weighted by atomic mass is 16.5. The second-order valence-corrected chi connectivity index (χ2v) is 5.83. The number of rotatable bonds is 4. The fraction of sp³-hybridized carbons (Fsp3) is 0.263. The second kappa shape index (κ2) is 6.84. The molecule has 0 aliphatic carbocycles. The van der Waals surface area contributed by atoms with Crippen molar-refractivity contribution in [2.45, 2.75) is 19.0 Å². The summed E-state index contributed by atoms with van der Waals surface area (Å²) in [6, 6.07) is 11.6. The van der Waals surface area contributed by atoms with Crippen LogP contribution in [-0.4, -0.2) is 42.1 Å². The molecule has 130 valence electrons. The van der Waals surface area contributed by atoms with Crippen LogP contribution in [0.1, 0.15) is 21.5 Å². The highest BCUT2D eigenvalue weighted by Crippen LogP contribution is 2.30. The molecule has 0 bridgehead atoms. The van der Waals surface area contributed by atoms with Gasteiger partial charge >= 0.3 is 5.97 Å². The predicted molar refractivity (Wildman–Crippen MR) is 91.0 cm³/mol. The highest BCUT2D eigenvalue weighted by Gasteiger charge is 2.36. The number of nitrogens with zero attached hydrogens (tertiary/aromatic N) is 1. The van der Waals surface area contributed by atoms with E-state index in [9.17, 15) is 14.7 Å². The topological polar surface area (TPSA) is 76.1 Å². The van der Waals surface area contributed by atoms with Crippen molar-refractivity contribution < 1.29 is 24.2 Å². The van der Waals surface area contributed by atoms with E-state index in [1.54, 1.807) is 18.2 Å². The maximum Gasteiger partial charge on any atom is 0.326 e. The summed E-state index contributed by atoms with van der Waals surface area (Å²) in [6.45, 7) is 0.242. The molecule has 0 fully saturated rings. The molecule has 6 heteroatoms. The maximum absolute atomic E-state index is 13.1. The van der Waals surface area contributed by atoms with Crippen molar-refractivity contribution in [1.82, 2.24) is 4.90 Å². The molecule has 0 spiro atoms.